The molecule has 4 heteroatoms. The molecule has 0 aliphatic carbocycles. The van der Waals surface area contributed by atoms with E-state index in [1.54, 1.807) is 13.0 Å². The Labute approximate surface area is 109 Å². The van der Waals surface area contributed by atoms with E-state index in [0.29, 0.717) is 33.3 Å². The molecular weight excluding hydrogens is 244 g/mol. The number of furan rings is 1. The van der Waals surface area contributed by atoms with Gasteiger partial charge in [-0.3, -0.25) is 0 Å². The van der Waals surface area contributed by atoms with Crippen LogP contribution in [0.15, 0.2) is 19.7 Å². The van der Waals surface area contributed by atoms with E-state index in [-0.39, 0.29) is 11.4 Å². The fourth-order valence-electron chi connectivity index (χ4n) is 2.49. The maximum Gasteiger partial charge on any atom is 0.339 e. The lowest BCUT2D eigenvalue weighted by Gasteiger charge is -2.09. The van der Waals surface area contributed by atoms with Crippen molar-refractivity contribution < 1.29 is 13.9 Å². The maximum atomic E-state index is 11.8. The van der Waals surface area contributed by atoms with Crippen molar-refractivity contribution in [1.29, 1.82) is 0 Å². The van der Waals surface area contributed by atoms with Crippen molar-refractivity contribution in [3.63, 3.8) is 0 Å². The zero-order valence-corrected chi connectivity index (χ0v) is 11.2. The normalized spacial score (nSPS) is 11.6. The number of benzene rings is 1. The topological polar surface area (TPSA) is 63.6 Å². The summed E-state index contributed by atoms with van der Waals surface area (Å²) >= 11 is 0. The first-order chi connectivity index (χ1) is 8.91. The van der Waals surface area contributed by atoms with Gasteiger partial charge < -0.3 is 13.9 Å². The molecule has 2 aromatic heterocycles. The highest BCUT2D eigenvalue weighted by molar-refractivity contribution is 6.05. The van der Waals surface area contributed by atoms with Crippen LogP contribution < -0.4 is 5.63 Å². The molecule has 1 aromatic carbocycles. The van der Waals surface area contributed by atoms with Crippen molar-refractivity contribution in [2.24, 2.45) is 0 Å². The van der Waals surface area contributed by atoms with Crippen LogP contribution in [-0.4, -0.2) is 5.11 Å². The van der Waals surface area contributed by atoms with Crippen LogP contribution in [0.1, 0.15) is 22.5 Å². The number of aryl methyl sites for hydroxylation is 3. The van der Waals surface area contributed by atoms with Gasteiger partial charge in [-0.25, -0.2) is 4.79 Å². The van der Waals surface area contributed by atoms with Gasteiger partial charge in [-0.1, -0.05) is 0 Å². The lowest BCUT2D eigenvalue weighted by molar-refractivity contribution is 0.483. The predicted molar refractivity (Wildman–Crippen MR) is 72.9 cm³/mol. The summed E-state index contributed by atoms with van der Waals surface area (Å²) < 4.78 is 10.9. The van der Waals surface area contributed by atoms with Crippen LogP contribution >= 0.6 is 0 Å². The van der Waals surface area contributed by atoms with Gasteiger partial charge in [0, 0.05) is 11.1 Å². The number of fused-ring (bicyclic) bond motifs is 2. The van der Waals surface area contributed by atoms with Gasteiger partial charge in [0.15, 0.2) is 0 Å². The Kier molecular flexibility index (Phi) is 2.26. The number of phenolic OH excluding ortho intramolecular Hbond substituents is 1. The smallest absolute Gasteiger partial charge is 0.339 e. The Hall–Kier alpha value is -2.23. The van der Waals surface area contributed by atoms with Crippen molar-refractivity contribution in [3.8, 4) is 5.75 Å². The summed E-state index contributed by atoms with van der Waals surface area (Å²) in [4.78, 5) is 11.8. The van der Waals surface area contributed by atoms with Crippen molar-refractivity contribution in [2.75, 3.05) is 0 Å². The molecule has 0 atom stereocenters. The van der Waals surface area contributed by atoms with Gasteiger partial charge in [0.05, 0.1) is 10.8 Å². The molecule has 0 saturated carbocycles. The van der Waals surface area contributed by atoms with Gasteiger partial charge in [0.2, 0.25) is 0 Å². The third-order valence-electron chi connectivity index (χ3n) is 3.69. The molecule has 2 heterocycles. The number of aromatic hydroxyl groups is 1. The van der Waals surface area contributed by atoms with Gasteiger partial charge in [-0.15, -0.1) is 0 Å². The largest absolute Gasteiger partial charge is 0.506 e. The summed E-state index contributed by atoms with van der Waals surface area (Å²) in [5, 5.41) is 11.7. The highest BCUT2D eigenvalue weighted by atomic mass is 16.4. The van der Waals surface area contributed by atoms with E-state index in [4.69, 9.17) is 8.83 Å². The van der Waals surface area contributed by atoms with Crippen LogP contribution in [0.25, 0.3) is 21.9 Å². The van der Waals surface area contributed by atoms with Gasteiger partial charge in [-0.05, 0) is 39.3 Å². The molecule has 98 valence electrons. The zero-order valence-electron chi connectivity index (χ0n) is 11.2. The van der Waals surface area contributed by atoms with Crippen molar-refractivity contribution in [1.82, 2.24) is 0 Å². The van der Waals surface area contributed by atoms with Crippen molar-refractivity contribution >= 4 is 21.9 Å². The third-order valence-corrected chi connectivity index (χ3v) is 3.69. The first kappa shape index (κ1) is 11.8. The SMILES string of the molecule is Cc1cc2c(O)c3c(C)c(C)c(=O)oc3c(C)c2o1. The minimum Gasteiger partial charge on any atom is -0.506 e. The van der Waals surface area contributed by atoms with Crippen LogP contribution in [0, 0.1) is 27.7 Å². The first-order valence-corrected chi connectivity index (χ1v) is 6.07. The van der Waals surface area contributed by atoms with E-state index in [2.05, 4.69) is 0 Å². The molecule has 0 radical (unpaired) electrons. The summed E-state index contributed by atoms with van der Waals surface area (Å²) in [6, 6.07) is 1.79. The Bertz CT molecular complexity index is 881. The van der Waals surface area contributed by atoms with Gasteiger partial charge in [-0.2, -0.15) is 0 Å². The van der Waals surface area contributed by atoms with E-state index in [1.165, 1.54) is 0 Å². The Morgan fingerprint density at radius 3 is 2.32 bits per heavy atom. The number of phenols is 1. The minimum atomic E-state index is -0.380. The Morgan fingerprint density at radius 1 is 0.947 bits per heavy atom. The van der Waals surface area contributed by atoms with E-state index in [9.17, 15) is 9.90 Å². The van der Waals surface area contributed by atoms with Crippen LogP contribution in [0.2, 0.25) is 0 Å². The van der Waals surface area contributed by atoms with Crippen LogP contribution in [0.4, 0.5) is 0 Å². The third kappa shape index (κ3) is 1.43. The summed E-state index contributed by atoms with van der Waals surface area (Å²) in [6.45, 7) is 7.15. The maximum absolute atomic E-state index is 11.8. The van der Waals surface area contributed by atoms with Crippen molar-refractivity contribution in [2.45, 2.75) is 27.7 Å². The van der Waals surface area contributed by atoms with E-state index < -0.39 is 0 Å². The van der Waals surface area contributed by atoms with Gasteiger partial charge >= 0.3 is 5.63 Å². The summed E-state index contributed by atoms with van der Waals surface area (Å²) in [5.41, 5.74) is 2.57. The average molecular weight is 258 g/mol. The predicted octanol–water partition coefficient (Wildman–Crippen LogP) is 3.48. The van der Waals surface area contributed by atoms with Crippen LogP contribution in [0.3, 0.4) is 0 Å². The summed E-state index contributed by atoms with van der Waals surface area (Å²) in [7, 11) is 0. The molecule has 1 N–H and O–H groups in total. The van der Waals surface area contributed by atoms with Crippen molar-refractivity contribution in [3.05, 3.63) is 38.9 Å². The molecule has 0 aliphatic rings. The molecule has 3 aromatic rings. The molecule has 19 heavy (non-hydrogen) atoms. The second-order valence-electron chi connectivity index (χ2n) is 4.92. The molecule has 0 spiro atoms. The average Bonchev–Trinajstić information content (AvgIpc) is 2.75. The lowest BCUT2D eigenvalue weighted by atomic mass is 10.0. The zero-order chi connectivity index (χ0) is 13.9. The van der Waals surface area contributed by atoms with E-state index in [1.807, 2.05) is 20.8 Å². The van der Waals surface area contributed by atoms with E-state index in [0.717, 1.165) is 11.1 Å². The van der Waals surface area contributed by atoms with Crippen LogP contribution in [0.5, 0.6) is 5.75 Å². The highest BCUT2D eigenvalue weighted by Gasteiger charge is 2.20. The minimum absolute atomic E-state index is 0.108. The standard InChI is InChI=1S/C15H14O4/c1-6-5-10-12(16)11-7(2)8(3)15(17)19-14(11)9(4)13(10)18-6/h5,16H,1-4H3. The molecule has 0 amide bonds. The molecule has 4 nitrogen and oxygen atoms in total. The molecule has 0 saturated heterocycles. The highest BCUT2D eigenvalue weighted by Crippen LogP contribution is 2.40. The van der Waals surface area contributed by atoms with Crippen LogP contribution in [-0.2, 0) is 0 Å². The number of rotatable bonds is 0. The molecular formula is C15H14O4. The number of hydrogen-bond acceptors (Lipinski definition) is 4. The first-order valence-electron chi connectivity index (χ1n) is 6.07. The Morgan fingerprint density at radius 2 is 1.63 bits per heavy atom. The summed E-state index contributed by atoms with van der Waals surface area (Å²) in [6.07, 6.45) is 0. The molecule has 0 aliphatic heterocycles. The molecule has 0 unspecified atom stereocenters. The van der Waals surface area contributed by atoms with Gasteiger partial charge in [0.1, 0.15) is 22.7 Å². The fraction of sp³-hybridized carbons (Fsp3) is 0.267. The molecule has 0 fully saturated rings. The summed E-state index contributed by atoms with van der Waals surface area (Å²) in [5.74, 6) is 0.817. The second-order valence-corrected chi connectivity index (χ2v) is 4.92. The lowest BCUT2D eigenvalue weighted by Crippen LogP contribution is -2.06. The van der Waals surface area contributed by atoms with E-state index >= 15 is 0 Å². The monoisotopic (exact) mass is 258 g/mol. The second kappa shape index (κ2) is 3.63. The van der Waals surface area contributed by atoms with Gasteiger partial charge in [0.25, 0.3) is 0 Å². The Balaban J connectivity index is 2.71. The number of hydrogen-bond donors (Lipinski definition) is 1. The molecule has 0 bridgehead atoms. The fourth-order valence-corrected chi connectivity index (χ4v) is 2.49. The quantitative estimate of drug-likeness (QED) is 0.627. The molecule has 3 rings (SSSR count).